The summed E-state index contributed by atoms with van der Waals surface area (Å²) in [4.78, 5) is 29.4. The molecule has 0 fully saturated rings. The van der Waals surface area contributed by atoms with Crippen LogP contribution in [0.4, 0.5) is 0 Å². The van der Waals surface area contributed by atoms with Gasteiger partial charge < -0.3 is 10.2 Å². The van der Waals surface area contributed by atoms with Crippen LogP contribution in [0.2, 0.25) is 10.0 Å². The van der Waals surface area contributed by atoms with Crippen LogP contribution in [-0.4, -0.2) is 42.2 Å². The zero-order chi connectivity index (χ0) is 30.1. The quantitative estimate of drug-likeness (QED) is 0.215. The number of nitrogens with one attached hydrogen (secondary N) is 1. The average Bonchev–Trinajstić information content (AvgIpc) is 2.97. The lowest BCUT2D eigenvalue weighted by atomic mass is 10.0. The predicted octanol–water partition coefficient (Wildman–Crippen LogP) is 5.84. The molecule has 0 spiro atoms. The molecular formula is C32H31Cl2N3O4S. The molecule has 0 heterocycles. The summed E-state index contributed by atoms with van der Waals surface area (Å²) in [7, 11) is -3.78. The van der Waals surface area contributed by atoms with Crippen LogP contribution in [0.3, 0.4) is 0 Å². The number of amides is 2. The highest BCUT2D eigenvalue weighted by molar-refractivity contribution is 7.88. The Morgan fingerprint density at radius 2 is 1.33 bits per heavy atom. The molecule has 1 unspecified atom stereocenters. The summed E-state index contributed by atoms with van der Waals surface area (Å²) in [5, 5.41) is 3.96. The van der Waals surface area contributed by atoms with Crippen molar-refractivity contribution in [1.29, 1.82) is 0 Å². The first-order valence-corrected chi connectivity index (χ1v) is 15.8. The van der Waals surface area contributed by atoms with Gasteiger partial charge in [-0.25, -0.2) is 8.42 Å². The summed E-state index contributed by atoms with van der Waals surface area (Å²) in [6, 6.07) is 31.0. The zero-order valence-corrected chi connectivity index (χ0v) is 25.3. The molecule has 0 radical (unpaired) electrons. The van der Waals surface area contributed by atoms with Crippen molar-refractivity contribution in [3.63, 3.8) is 0 Å². The van der Waals surface area contributed by atoms with Gasteiger partial charge in [0, 0.05) is 29.7 Å². The third-order valence-corrected chi connectivity index (χ3v) is 8.47. The van der Waals surface area contributed by atoms with Gasteiger partial charge >= 0.3 is 0 Å². The molecule has 0 saturated carbocycles. The van der Waals surface area contributed by atoms with Crippen molar-refractivity contribution in [3.05, 3.63) is 141 Å². The largest absolute Gasteiger partial charge is 0.350 e. The number of rotatable bonds is 12. The molecule has 4 aromatic carbocycles. The van der Waals surface area contributed by atoms with Gasteiger partial charge in [0.05, 0.1) is 12.8 Å². The number of sulfonamides is 1. The lowest BCUT2D eigenvalue weighted by Crippen LogP contribution is -2.47. The van der Waals surface area contributed by atoms with Crippen LogP contribution in [-0.2, 0) is 39.2 Å². The molecular weight excluding hydrogens is 593 g/mol. The number of halogens is 2. The van der Waals surface area contributed by atoms with E-state index < -0.39 is 34.4 Å². The molecule has 0 aromatic heterocycles. The Bertz CT molecular complexity index is 1600. The standard InChI is InChI=1S/C32H31Cl2N3O4S/c1-42(40,41)36(21-24-10-4-2-5-11-24)23-30(38)37(22-25-16-18-28(33)19-17-25)31(26-12-6-3-7-13-26)32(39)35-20-27-14-8-9-15-29(27)34/h2-19,31H,20-23H2,1H3,(H,35,39). The number of carbonyl (C=O) groups is 2. The second-order valence-corrected chi connectivity index (χ2v) is 12.6. The number of carbonyl (C=O) groups excluding carboxylic acids is 2. The van der Waals surface area contributed by atoms with Gasteiger partial charge in [0.1, 0.15) is 6.04 Å². The lowest BCUT2D eigenvalue weighted by Gasteiger charge is -2.33. The maximum atomic E-state index is 14.1. The minimum Gasteiger partial charge on any atom is -0.350 e. The van der Waals surface area contributed by atoms with Crippen LogP contribution < -0.4 is 5.32 Å². The summed E-state index contributed by atoms with van der Waals surface area (Å²) in [6.45, 7) is -0.260. The molecule has 4 rings (SSSR count). The molecule has 0 aliphatic rings. The van der Waals surface area contributed by atoms with E-state index >= 15 is 0 Å². The first-order chi connectivity index (χ1) is 20.1. The van der Waals surface area contributed by atoms with Crippen LogP contribution in [0.1, 0.15) is 28.3 Å². The number of hydrogen-bond acceptors (Lipinski definition) is 4. The average molecular weight is 625 g/mol. The van der Waals surface area contributed by atoms with Gasteiger partial charge in [-0.1, -0.05) is 114 Å². The highest BCUT2D eigenvalue weighted by Crippen LogP contribution is 2.26. The molecule has 10 heteroatoms. The fourth-order valence-corrected chi connectivity index (χ4v) is 5.52. The van der Waals surface area contributed by atoms with Crippen molar-refractivity contribution in [2.24, 2.45) is 0 Å². The molecule has 0 saturated heterocycles. The van der Waals surface area contributed by atoms with E-state index in [2.05, 4.69) is 5.32 Å². The van der Waals surface area contributed by atoms with Crippen molar-refractivity contribution in [1.82, 2.24) is 14.5 Å². The molecule has 1 atom stereocenters. The van der Waals surface area contributed by atoms with Gasteiger partial charge in [0.25, 0.3) is 0 Å². The molecule has 1 N–H and O–H groups in total. The number of nitrogens with zero attached hydrogens (tertiary/aromatic N) is 2. The Balaban J connectivity index is 1.70. The minimum atomic E-state index is -3.78. The maximum Gasteiger partial charge on any atom is 0.247 e. The molecule has 7 nitrogen and oxygen atoms in total. The fraction of sp³-hybridized carbons (Fsp3) is 0.188. The molecule has 218 valence electrons. The summed E-state index contributed by atoms with van der Waals surface area (Å²) >= 11 is 12.4. The van der Waals surface area contributed by atoms with Crippen molar-refractivity contribution in [2.45, 2.75) is 25.7 Å². The van der Waals surface area contributed by atoms with Gasteiger partial charge in [-0.15, -0.1) is 0 Å². The second kappa shape index (κ2) is 14.5. The Kier molecular flexibility index (Phi) is 10.8. The van der Waals surface area contributed by atoms with E-state index in [4.69, 9.17) is 23.2 Å². The second-order valence-electron chi connectivity index (χ2n) is 9.79. The van der Waals surface area contributed by atoms with E-state index in [0.29, 0.717) is 15.6 Å². The Hall–Kier alpha value is -3.69. The Labute approximate surface area is 256 Å². The van der Waals surface area contributed by atoms with Crippen LogP contribution in [0.15, 0.2) is 109 Å². The van der Waals surface area contributed by atoms with Crippen molar-refractivity contribution in [3.8, 4) is 0 Å². The smallest absolute Gasteiger partial charge is 0.247 e. The SMILES string of the molecule is CS(=O)(=O)N(CC(=O)N(Cc1ccc(Cl)cc1)C(C(=O)NCc1ccccc1Cl)c1ccccc1)Cc1ccccc1. The van der Waals surface area contributed by atoms with E-state index in [0.717, 1.165) is 27.3 Å². The molecule has 42 heavy (non-hydrogen) atoms. The van der Waals surface area contributed by atoms with E-state index in [9.17, 15) is 18.0 Å². The molecule has 0 bridgehead atoms. The monoisotopic (exact) mass is 623 g/mol. The van der Waals surface area contributed by atoms with Gasteiger partial charge in [0.15, 0.2) is 0 Å². The first kappa shape index (κ1) is 31.3. The third-order valence-electron chi connectivity index (χ3n) is 6.66. The number of hydrogen-bond donors (Lipinski definition) is 1. The van der Waals surface area contributed by atoms with E-state index in [1.807, 2.05) is 24.3 Å². The normalized spacial score (nSPS) is 12.1. The predicted molar refractivity (Wildman–Crippen MR) is 166 cm³/mol. The van der Waals surface area contributed by atoms with Gasteiger partial charge in [0.2, 0.25) is 21.8 Å². The van der Waals surface area contributed by atoms with Crippen molar-refractivity contribution >= 4 is 45.0 Å². The van der Waals surface area contributed by atoms with Crippen LogP contribution in [0, 0.1) is 0 Å². The Morgan fingerprint density at radius 3 is 1.95 bits per heavy atom. The topological polar surface area (TPSA) is 86.8 Å². The minimum absolute atomic E-state index is 0.00883. The third kappa shape index (κ3) is 8.66. The van der Waals surface area contributed by atoms with Crippen LogP contribution in [0.5, 0.6) is 0 Å². The summed E-state index contributed by atoms with van der Waals surface area (Å²) in [5.41, 5.74) is 2.75. The summed E-state index contributed by atoms with van der Waals surface area (Å²) in [5.74, 6) is -0.967. The lowest BCUT2D eigenvalue weighted by molar-refractivity contribution is -0.141. The van der Waals surface area contributed by atoms with Gasteiger partial charge in [-0.3, -0.25) is 9.59 Å². The maximum absolute atomic E-state index is 14.1. The van der Waals surface area contributed by atoms with Gasteiger partial charge in [-0.05, 0) is 40.5 Å². The van der Waals surface area contributed by atoms with Crippen LogP contribution in [0.25, 0.3) is 0 Å². The summed E-state index contributed by atoms with van der Waals surface area (Å²) in [6.07, 6.45) is 1.07. The molecule has 4 aromatic rings. The zero-order valence-electron chi connectivity index (χ0n) is 23.0. The number of benzene rings is 4. The molecule has 0 aliphatic carbocycles. The Morgan fingerprint density at radius 1 is 0.762 bits per heavy atom. The van der Waals surface area contributed by atoms with E-state index in [-0.39, 0.29) is 19.6 Å². The van der Waals surface area contributed by atoms with Gasteiger partial charge in [-0.2, -0.15) is 4.31 Å². The molecule has 0 aliphatic heterocycles. The molecule has 2 amide bonds. The summed E-state index contributed by atoms with van der Waals surface area (Å²) < 4.78 is 26.7. The highest BCUT2D eigenvalue weighted by atomic mass is 35.5. The van der Waals surface area contributed by atoms with Crippen LogP contribution >= 0.6 is 23.2 Å². The van der Waals surface area contributed by atoms with E-state index in [1.165, 1.54) is 4.90 Å². The van der Waals surface area contributed by atoms with E-state index in [1.54, 1.807) is 84.9 Å². The van der Waals surface area contributed by atoms with Crippen molar-refractivity contribution in [2.75, 3.05) is 12.8 Å². The first-order valence-electron chi connectivity index (χ1n) is 13.2. The van der Waals surface area contributed by atoms with Crippen molar-refractivity contribution < 1.29 is 18.0 Å². The fourth-order valence-electron chi connectivity index (χ4n) is 4.46. The highest BCUT2D eigenvalue weighted by Gasteiger charge is 2.33.